The highest BCUT2D eigenvalue weighted by Crippen LogP contribution is 2.26. The highest BCUT2D eigenvalue weighted by atomic mass is 32.2. The Kier molecular flexibility index (Phi) is 7.40. The number of aromatic nitrogens is 4. The molecule has 2 heterocycles. The topological polar surface area (TPSA) is 100 Å². The molecule has 0 radical (unpaired) electrons. The lowest BCUT2D eigenvalue weighted by Crippen LogP contribution is -2.26. The Morgan fingerprint density at radius 2 is 1.74 bits per heavy atom. The van der Waals surface area contributed by atoms with Crippen molar-refractivity contribution in [1.29, 1.82) is 0 Å². The van der Waals surface area contributed by atoms with Crippen LogP contribution in [0.25, 0.3) is 11.0 Å². The van der Waals surface area contributed by atoms with Crippen LogP contribution >= 0.6 is 11.8 Å². The minimum Gasteiger partial charge on any atom is -0.496 e. The number of thioether (sulfide) groups is 1. The number of aryl methyl sites for hydroxylation is 2. The van der Waals surface area contributed by atoms with Gasteiger partial charge in [0.1, 0.15) is 17.0 Å². The van der Waals surface area contributed by atoms with Crippen molar-refractivity contribution in [2.45, 2.75) is 32.1 Å². The molecule has 35 heavy (non-hydrogen) atoms. The third-order valence-electron chi connectivity index (χ3n) is 5.52. The molecule has 0 atom stereocenters. The van der Waals surface area contributed by atoms with Crippen molar-refractivity contribution in [1.82, 2.24) is 19.3 Å². The molecule has 0 unspecified atom stereocenters. The van der Waals surface area contributed by atoms with Gasteiger partial charge in [-0.1, -0.05) is 42.1 Å². The quantitative estimate of drug-likeness (QED) is 0.280. The summed E-state index contributed by atoms with van der Waals surface area (Å²) in [6.07, 6.45) is 0. The fourth-order valence-electron chi connectivity index (χ4n) is 3.83. The van der Waals surface area contributed by atoms with Crippen molar-refractivity contribution in [2.75, 3.05) is 25.3 Å². The van der Waals surface area contributed by atoms with Crippen molar-refractivity contribution >= 4 is 34.4 Å². The van der Waals surface area contributed by atoms with E-state index >= 15 is 0 Å². The van der Waals surface area contributed by atoms with Gasteiger partial charge >= 0.3 is 0 Å². The minimum atomic E-state index is -0.237. The summed E-state index contributed by atoms with van der Waals surface area (Å²) in [5.74, 6) is 1.06. The van der Waals surface area contributed by atoms with E-state index in [1.54, 1.807) is 35.6 Å². The lowest BCUT2D eigenvalue weighted by Gasteiger charge is -2.15. The molecule has 4 aromatic rings. The maximum atomic E-state index is 13.7. The van der Waals surface area contributed by atoms with E-state index in [0.717, 1.165) is 5.56 Å². The normalized spacial score (nSPS) is 11.0. The van der Waals surface area contributed by atoms with Gasteiger partial charge in [0.05, 0.1) is 37.9 Å². The predicted octanol–water partition coefficient (Wildman–Crippen LogP) is 3.72. The number of methoxy groups -OCH3 is 2. The van der Waals surface area contributed by atoms with Crippen molar-refractivity contribution in [3.05, 3.63) is 70.1 Å². The van der Waals surface area contributed by atoms with E-state index < -0.39 is 0 Å². The zero-order chi connectivity index (χ0) is 24.9. The Morgan fingerprint density at radius 1 is 1.06 bits per heavy atom. The van der Waals surface area contributed by atoms with Crippen LogP contribution in [0.1, 0.15) is 18.2 Å². The number of hydrogen-bond donors (Lipinski definition) is 1. The molecule has 2 aromatic carbocycles. The van der Waals surface area contributed by atoms with E-state index in [2.05, 4.69) is 10.4 Å². The maximum absolute atomic E-state index is 13.7. The number of fused-ring (bicyclic) bond motifs is 1. The van der Waals surface area contributed by atoms with Crippen molar-refractivity contribution in [2.24, 2.45) is 0 Å². The number of amides is 1. The van der Waals surface area contributed by atoms with Gasteiger partial charge in [-0.15, -0.1) is 0 Å². The van der Waals surface area contributed by atoms with Gasteiger partial charge in [0.2, 0.25) is 5.91 Å². The van der Waals surface area contributed by atoms with E-state index in [9.17, 15) is 9.59 Å². The summed E-state index contributed by atoms with van der Waals surface area (Å²) in [5.41, 5.74) is 2.86. The molecule has 4 rings (SSSR count). The fourth-order valence-corrected chi connectivity index (χ4v) is 4.63. The number of rotatable bonds is 9. The molecular formula is C25H27N5O4S. The lowest BCUT2D eigenvalue weighted by molar-refractivity contribution is -0.113. The van der Waals surface area contributed by atoms with E-state index in [0.29, 0.717) is 45.6 Å². The average Bonchev–Trinajstić information content (AvgIpc) is 3.20. The van der Waals surface area contributed by atoms with Crippen LogP contribution in [-0.4, -0.2) is 45.2 Å². The summed E-state index contributed by atoms with van der Waals surface area (Å²) < 4.78 is 14.0. The Bertz CT molecular complexity index is 1430. The second kappa shape index (κ2) is 10.6. The molecule has 0 fully saturated rings. The number of hydrogen-bond acceptors (Lipinski definition) is 7. The number of ether oxygens (including phenoxy) is 2. The van der Waals surface area contributed by atoms with Crippen LogP contribution in [0.15, 0.2) is 58.5 Å². The van der Waals surface area contributed by atoms with Crippen LogP contribution in [0.3, 0.4) is 0 Å². The van der Waals surface area contributed by atoms with Crippen LogP contribution in [0, 0.1) is 6.92 Å². The van der Waals surface area contributed by atoms with E-state index in [4.69, 9.17) is 14.5 Å². The second-order valence-corrected chi connectivity index (χ2v) is 8.68. The summed E-state index contributed by atoms with van der Waals surface area (Å²) in [6.45, 7) is 4.55. The molecule has 0 aliphatic heterocycles. The standard InChI is InChI=1S/C25H27N5O4S/c1-5-30-23-22(16(2)28-30)27-25(29(24(23)32)14-17-10-6-8-12-19(17)33-3)35-15-21(31)26-18-11-7-9-13-20(18)34-4/h6-13H,5,14-15H2,1-4H3,(H,26,31). The van der Waals surface area contributed by atoms with Crippen molar-refractivity contribution < 1.29 is 14.3 Å². The Balaban J connectivity index is 1.70. The van der Waals surface area contributed by atoms with Gasteiger partial charge in [0.25, 0.3) is 5.56 Å². The summed E-state index contributed by atoms with van der Waals surface area (Å²) in [6, 6.07) is 14.7. The summed E-state index contributed by atoms with van der Waals surface area (Å²) >= 11 is 1.20. The smallest absolute Gasteiger partial charge is 0.280 e. The monoisotopic (exact) mass is 493 g/mol. The molecule has 10 heteroatoms. The third kappa shape index (κ3) is 5.02. The zero-order valence-electron chi connectivity index (χ0n) is 20.1. The third-order valence-corrected chi connectivity index (χ3v) is 6.49. The largest absolute Gasteiger partial charge is 0.496 e. The van der Waals surface area contributed by atoms with Crippen LogP contribution < -0.4 is 20.3 Å². The zero-order valence-corrected chi connectivity index (χ0v) is 20.9. The summed E-state index contributed by atoms with van der Waals surface area (Å²) in [4.78, 5) is 31.2. The lowest BCUT2D eigenvalue weighted by atomic mass is 10.2. The van der Waals surface area contributed by atoms with E-state index in [1.165, 1.54) is 11.8 Å². The summed E-state index contributed by atoms with van der Waals surface area (Å²) in [7, 11) is 3.14. The van der Waals surface area contributed by atoms with E-state index in [1.807, 2.05) is 50.2 Å². The molecule has 1 N–H and O–H groups in total. The highest BCUT2D eigenvalue weighted by Gasteiger charge is 2.20. The SMILES string of the molecule is CCn1nc(C)c2nc(SCC(=O)Nc3ccccc3OC)n(Cc3ccccc3OC)c(=O)c21. The Morgan fingerprint density at radius 3 is 2.46 bits per heavy atom. The number of carbonyl (C=O) groups is 1. The molecule has 0 spiro atoms. The number of benzene rings is 2. The highest BCUT2D eigenvalue weighted by molar-refractivity contribution is 7.99. The van der Waals surface area contributed by atoms with Gasteiger partial charge in [0.15, 0.2) is 10.7 Å². The van der Waals surface area contributed by atoms with Crippen molar-refractivity contribution in [3.63, 3.8) is 0 Å². The minimum absolute atomic E-state index is 0.0584. The average molecular weight is 494 g/mol. The van der Waals surface area contributed by atoms with Gasteiger partial charge in [-0.05, 0) is 32.0 Å². The van der Waals surface area contributed by atoms with Crippen LogP contribution in [0.2, 0.25) is 0 Å². The molecule has 0 saturated heterocycles. The van der Waals surface area contributed by atoms with Gasteiger partial charge in [-0.3, -0.25) is 18.8 Å². The van der Waals surface area contributed by atoms with Gasteiger partial charge in [-0.25, -0.2) is 4.98 Å². The Labute approximate surface area is 207 Å². The first-order chi connectivity index (χ1) is 17.0. The first-order valence-electron chi connectivity index (χ1n) is 11.1. The number of nitrogens with one attached hydrogen (secondary N) is 1. The molecule has 2 aromatic heterocycles. The second-order valence-electron chi connectivity index (χ2n) is 7.73. The van der Waals surface area contributed by atoms with Gasteiger partial charge in [0, 0.05) is 12.1 Å². The number of carbonyl (C=O) groups excluding carboxylic acids is 1. The van der Waals surface area contributed by atoms with E-state index in [-0.39, 0.29) is 23.8 Å². The van der Waals surface area contributed by atoms with Gasteiger partial charge in [-0.2, -0.15) is 5.10 Å². The van der Waals surface area contributed by atoms with Crippen LogP contribution in [-0.2, 0) is 17.9 Å². The molecule has 182 valence electrons. The first kappa shape index (κ1) is 24.3. The van der Waals surface area contributed by atoms with Crippen molar-refractivity contribution in [3.8, 4) is 11.5 Å². The molecule has 0 aliphatic carbocycles. The number of para-hydroxylation sites is 3. The molecule has 9 nitrogen and oxygen atoms in total. The molecule has 0 saturated carbocycles. The fraction of sp³-hybridized carbons (Fsp3) is 0.280. The number of anilines is 1. The van der Waals surface area contributed by atoms with Crippen LogP contribution in [0.5, 0.6) is 11.5 Å². The molecule has 0 aliphatic rings. The summed E-state index contributed by atoms with van der Waals surface area (Å²) in [5, 5.41) is 7.77. The number of nitrogens with zero attached hydrogens (tertiary/aromatic N) is 4. The molecule has 1 amide bonds. The maximum Gasteiger partial charge on any atom is 0.280 e. The Hall–Kier alpha value is -3.79. The molecule has 0 bridgehead atoms. The van der Waals surface area contributed by atoms with Gasteiger partial charge < -0.3 is 14.8 Å². The predicted molar refractivity (Wildman–Crippen MR) is 137 cm³/mol. The molecular weight excluding hydrogens is 466 g/mol. The first-order valence-corrected chi connectivity index (χ1v) is 12.1. The van der Waals surface area contributed by atoms with Crippen LogP contribution in [0.4, 0.5) is 5.69 Å².